The standard InChI is InChI=1S/C18H17N5O3/c24-18(19-12-5-3-6-13(11-12)23(25)26)22-10-4-9-16(22)17-20-14-7-1-2-8-15(14)21-17/h1-3,5-8,11,16H,4,9-10H2,(H,19,24)(H,20,21)/t16-/m0/s1. The lowest BCUT2D eigenvalue weighted by Crippen LogP contribution is -2.34. The number of imidazole rings is 1. The van der Waals surface area contributed by atoms with Gasteiger partial charge in [0.25, 0.3) is 5.69 Å². The van der Waals surface area contributed by atoms with Gasteiger partial charge in [0.15, 0.2) is 0 Å². The zero-order chi connectivity index (χ0) is 18.1. The maximum atomic E-state index is 12.7. The van der Waals surface area contributed by atoms with Crippen LogP contribution in [0.2, 0.25) is 0 Å². The van der Waals surface area contributed by atoms with Crippen LogP contribution >= 0.6 is 0 Å². The highest BCUT2D eigenvalue weighted by Crippen LogP contribution is 2.32. The van der Waals surface area contributed by atoms with E-state index in [0.29, 0.717) is 12.2 Å². The maximum Gasteiger partial charge on any atom is 0.322 e. The molecule has 1 saturated heterocycles. The normalized spacial score (nSPS) is 16.8. The van der Waals surface area contributed by atoms with Crippen LogP contribution in [0.3, 0.4) is 0 Å². The minimum atomic E-state index is -0.483. The average molecular weight is 351 g/mol. The molecular weight excluding hydrogens is 334 g/mol. The van der Waals surface area contributed by atoms with E-state index in [0.717, 1.165) is 29.7 Å². The number of aromatic nitrogens is 2. The van der Waals surface area contributed by atoms with Crippen LogP contribution in [-0.4, -0.2) is 32.4 Å². The molecule has 0 unspecified atom stereocenters. The van der Waals surface area contributed by atoms with Crippen LogP contribution in [0.25, 0.3) is 11.0 Å². The van der Waals surface area contributed by atoms with Crippen molar-refractivity contribution in [1.82, 2.24) is 14.9 Å². The molecule has 132 valence electrons. The zero-order valence-electron chi connectivity index (χ0n) is 13.9. The lowest BCUT2D eigenvalue weighted by molar-refractivity contribution is -0.384. The second-order valence-electron chi connectivity index (χ2n) is 6.23. The number of likely N-dealkylation sites (tertiary alicyclic amines) is 1. The van der Waals surface area contributed by atoms with E-state index in [1.807, 2.05) is 24.3 Å². The molecule has 0 bridgehead atoms. The van der Waals surface area contributed by atoms with Crippen molar-refractivity contribution in [3.8, 4) is 0 Å². The summed E-state index contributed by atoms with van der Waals surface area (Å²) < 4.78 is 0. The highest BCUT2D eigenvalue weighted by Gasteiger charge is 2.32. The van der Waals surface area contributed by atoms with Crippen molar-refractivity contribution in [3.05, 3.63) is 64.5 Å². The van der Waals surface area contributed by atoms with Crippen LogP contribution in [-0.2, 0) is 0 Å². The number of urea groups is 1. The molecule has 2 amide bonds. The molecule has 8 nitrogen and oxygen atoms in total. The van der Waals surface area contributed by atoms with Crippen molar-refractivity contribution in [2.75, 3.05) is 11.9 Å². The number of H-pyrrole nitrogens is 1. The Labute approximate surface area is 149 Å². The number of hydrogen-bond acceptors (Lipinski definition) is 4. The van der Waals surface area contributed by atoms with Crippen LogP contribution in [0.15, 0.2) is 48.5 Å². The second kappa shape index (κ2) is 6.47. The van der Waals surface area contributed by atoms with Gasteiger partial charge in [-0.25, -0.2) is 9.78 Å². The molecule has 8 heteroatoms. The summed E-state index contributed by atoms with van der Waals surface area (Å²) in [7, 11) is 0. The molecule has 0 spiro atoms. The number of benzene rings is 2. The van der Waals surface area contributed by atoms with Crippen LogP contribution in [0, 0.1) is 10.1 Å². The first-order valence-electron chi connectivity index (χ1n) is 8.38. The fraction of sp³-hybridized carbons (Fsp3) is 0.222. The van der Waals surface area contributed by atoms with Crippen LogP contribution in [0.4, 0.5) is 16.2 Å². The summed E-state index contributed by atoms with van der Waals surface area (Å²) in [5, 5.41) is 13.6. The predicted molar refractivity (Wildman–Crippen MR) is 96.9 cm³/mol. The summed E-state index contributed by atoms with van der Waals surface area (Å²) in [4.78, 5) is 32.7. The Morgan fingerprint density at radius 1 is 1.27 bits per heavy atom. The number of nitro groups is 1. The Bertz CT molecular complexity index is 951. The number of nitro benzene ring substituents is 1. The molecule has 2 aromatic carbocycles. The fourth-order valence-electron chi connectivity index (χ4n) is 3.32. The quantitative estimate of drug-likeness (QED) is 0.552. The number of fused-ring (bicyclic) bond motifs is 1. The van der Waals surface area contributed by atoms with E-state index in [1.165, 1.54) is 12.1 Å². The van der Waals surface area contributed by atoms with Crippen molar-refractivity contribution < 1.29 is 9.72 Å². The van der Waals surface area contributed by atoms with Crippen LogP contribution < -0.4 is 5.32 Å². The second-order valence-corrected chi connectivity index (χ2v) is 6.23. The summed E-state index contributed by atoms with van der Waals surface area (Å²) >= 11 is 0. The van der Waals surface area contributed by atoms with Gasteiger partial charge >= 0.3 is 6.03 Å². The predicted octanol–water partition coefficient (Wildman–Crippen LogP) is 3.84. The maximum absolute atomic E-state index is 12.7. The Hall–Kier alpha value is -3.42. The number of carbonyl (C=O) groups excluding carboxylic acids is 1. The monoisotopic (exact) mass is 351 g/mol. The number of rotatable bonds is 3. The molecule has 4 rings (SSSR count). The Morgan fingerprint density at radius 2 is 2.12 bits per heavy atom. The number of amides is 2. The third-order valence-corrected chi connectivity index (χ3v) is 4.55. The molecule has 1 aliphatic heterocycles. The number of anilines is 1. The molecule has 1 aromatic heterocycles. The summed E-state index contributed by atoms with van der Waals surface area (Å²) in [5.74, 6) is 0.762. The van der Waals surface area contributed by atoms with Crippen molar-refractivity contribution in [2.45, 2.75) is 18.9 Å². The average Bonchev–Trinajstić information content (AvgIpc) is 3.28. The van der Waals surface area contributed by atoms with E-state index in [2.05, 4.69) is 15.3 Å². The van der Waals surface area contributed by atoms with Crippen LogP contribution in [0.5, 0.6) is 0 Å². The number of para-hydroxylation sites is 2. The number of carbonyl (C=O) groups is 1. The molecule has 2 N–H and O–H groups in total. The summed E-state index contributed by atoms with van der Waals surface area (Å²) in [6.07, 6.45) is 1.70. The minimum absolute atomic E-state index is 0.0574. The van der Waals surface area contributed by atoms with Crippen molar-refractivity contribution >= 4 is 28.4 Å². The van der Waals surface area contributed by atoms with E-state index in [4.69, 9.17) is 0 Å². The van der Waals surface area contributed by atoms with Crippen molar-refractivity contribution in [2.24, 2.45) is 0 Å². The highest BCUT2D eigenvalue weighted by atomic mass is 16.6. The third-order valence-electron chi connectivity index (χ3n) is 4.55. The van der Waals surface area contributed by atoms with Gasteiger partial charge in [0.1, 0.15) is 5.82 Å². The van der Waals surface area contributed by atoms with Gasteiger partial charge in [-0.2, -0.15) is 0 Å². The first-order valence-corrected chi connectivity index (χ1v) is 8.38. The molecule has 2 heterocycles. The van der Waals surface area contributed by atoms with Gasteiger partial charge in [-0.3, -0.25) is 10.1 Å². The van der Waals surface area contributed by atoms with E-state index >= 15 is 0 Å². The first kappa shape index (κ1) is 16.1. The lowest BCUT2D eigenvalue weighted by atomic mass is 10.2. The Kier molecular flexibility index (Phi) is 4.00. The van der Waals surface area contributed by atoms with Gasteiger partial charge in [-0.15, -0.1) is 0 Å². The molecule has 0 radical (unpaired) electrons. The summed E-state index contributed by atoms with van der Waals surface area (Å²) in [6, 6.07) is 13.2. The molecule has 1 atom stereocenters. The number of hydrogen-bond donors (Lipinski definition) is 2. The van der Waals surface area contributed by atoms with E-state index < -0.39 is 4.92 Å². The molecular formula is C18H17N5O3. The Morgan fingerprint density at radius 3 is 2.92 bits per heavy atom. The number of aromatic amines is 1. The molecule has 26 heavy (non-hydrogen) atoms. The first-order chi connectivity index (χ1) is 12.6. The minimum Gasteiger partial charge on any atom is -0.340 e. The van der Waals surface area contributed by atoms with E-state index in [-0.39, 0.29) is 17.8 Å². The molecule has 3 aromatic rings. The highest BCUT2D eigenvalue weighted by molar-refractivity contribution is 5.90. The third kappa shape index (κ3) is 2.97. The van der Waals surface area contributed by atoms with Gasteiger partial charge < -0.3 is 15.2 Å². The van der Waals surface area contributed by atoms with Crippen molar-refractivity contribution in [1.29, 1.82) is 0 Å². The van der Waals surface area contributed by atoms with Crippen molar-refractivity contribution in [3.63, 3.8) is 0 Å². The summed E-state index contributed by atoms with van der Waals surface area (Å²) in [5.41, 5.74) is 2.15. The zero-order valence-corrected chi connectivity index (χ0v) is 13.9. The molecule has 0 saturated carbocycles. The van der Waals surface area contributed by atoms with Gasteiger partial charge in [0.05, 0.1) is 22.0 Å². The molecule has 0 aliphatic carbocycles. The number of nitrogens with one attached hydrogen (secondary N) is 2. The SMILES string of the molecule is O=C(Nc1cccc([N+](=O)[O-])c1)N1CCC[C@H]1c1nc2ccccc2[nH]1. The molecule has 1 fully saturated rings. The van der Waals surface area contributed by atoms with Gasteiger partial charge in [0.2, 0.25) is 0 Å². The van der Waals surface area contributed by atoms with E-state index in [1.54, 1.807) is 17.0 Å². The summed E-state index contributed by atoms with van der Waals surface area (Å²) in [6.45, 7) is 0.614. The van der Waals surface area contributed by atoms with Gasteiger partial charge in [-0.05, 0) is 31.0 Å². The molecule has 1 aliphatic rings. The topological polar surface area (TPSA) is 104 Å². The Balaban J connectivity index is 1.55. The van der Waals surface area contributed by atoms with Gasteiger partial charge in [0, 0.05) is 24.4 Å². The lowest BCUT2D eigenvalue weighted by Gasteiger charge is -2.23. The number of non-ortho nitro benzene ring substituents is 1. The van der Waals surface area contributed by atoms with Crippen LogP contribution in [0.1, 0.15) is 24.7 Å². The number of nitrogens with zero attached hydrogens (tertiary/aromatic N) is 3. The van der Waals surface area contributed by atoms with Gasteiger partial charge in [-0.1, -0.05) is 18.2 Å². The largest absolute Gasteiger partial charge is 0.340 e. The smallest absolute Gasteiger partial charge is 0.322 e. The van der Waals surface area contributed by atoms with E-state index in [9.17, 15) is 14.9 Å². The fourth-order valence-corrected chi connectivity index (χ4v) is 3.32.